The molecule has 5 heteroatoms. The summed E-state index contributed by atoms with van der Waals surface area (Å²) in [6.45, 7) is 6.11. The fourth-order valence-corrected chi connectivity index (χ4v) is 4.28. The van der Waals surface area contributed by atoms with Gasteiger partial charge >= 0.3 is 0 Å². The number of hydrogen-bond acceptors (Lipinski definition) is 3. The number of nitrogens with zero attached hydrogens (tertiary/aromatic N) is 1. The van der Waals surface area contributed by atoms with Gasteiger partial charge in [-0.15, -0.1) is 0 Å². The summed E-state index contributed by atoms with van der Waals surface area (Å²) in [5.74, 6) is 0. The minimum atomic E-state index is -0.146. The predicted molar refractivity (Wildman–Crippen MR) is 129 cm³/mol. The molecule has 2 aromatic rings. The summed E-state index contributed by atoms with van der Waals surface area (Å²) in [6, 6.07) is 20.7. The maximum atomic E-state index is 9.65. The monoisotopic (exact) mass is 428 g/mol. The van der Waals surface area contributed by atoms with E-state index in [0.717, 1.165) is 25.9 Å². The molecule has 0 aliphatic heterocycles. The number of hydrogen-bond donors (Lipinski definition) is 3. The molecule has 4 nitrogen and oxygen atoms in total. The Hall–Kier alpha value is -1.95. The Kier molecular flexibility index (Phi) is 9.28. The highest BCUT2D eigenvalue weighted by atomic mass is 32.1. The summed E-state index contributed by atoms with van der Waals surface area (Å²) < 4.78 is 0. The summed E-state index contributed by atoms with van der Waals surface area (Å²) in [5.41, 5.74) is 8.23. The normalized spacial score (nSPS) is 15.2. The Morgan fingerprint density at radius 1 is 0.767 bits per heavy atom. The molecule has 0 aliphatic carbocycles. The molecule has 2 atom stereocenters. The predicted octanol–water partition coefficient (Wildman–Crippen LogP) is 3.99. The second kappa shape index (κ2) is 11.4. The summed E-state index contributed by atoms with van der Waals surface area (Å²) in [5, 5.41) is 19.7. The van der Waals surface area contributed by atoms with Gasteiger partial charge in [-0.25, -0.2) is 0 Å². The van der Waals surface area contributed by atoms with Crippen LogP contribution in [0.5, 0.6) is 0 Å². The average molecular weight is 429 g/mol. The van der Waals surface area contributed by atoms with Crippen LogP contribution in [0, 0.1) is 0 Å². The molecule has 2 rings (SSSR count). The smallest absolute Gasteiger partial charge is 0.166 e. The molecule has 0 aromatic heterocycles. The van der Waals surface area contributed by atoms with Crippen LogP contribution in [0.1, 0.15) is 50.7 Å². The lowest BCUT2D eigenvalue weighted by Gasteiger charge is -2.36. The van der Waals surface area contributed by atoms with Crippen LogP contribution in [0.2, 0.25) is 0 Å². The van der Waals surface area contributed by atoms with E-state index < -0.39 is 0 Å². The van der Waals surface area contributed by atoms with Crippen LogP contribution in [0.15, 0.2) is 60.7 Å². The van der Waals surface area contributed by atoms with Gasteiger partial charge in [-0.2, -0.15) is 0 Å². The number of aliphatic hydroxyl groups excluding tert-OH is 2. The van der Waals surface area contributed by atoms with Gasteiger partial charge < -0.3 is 20.8 Å². The number of benzene rings is 2. The van der Waals surface area contributed by atoms with Crippen molar-refractivity contribution in [3.8, 4) is 0 Å². The minimum absolute atomic E-state index is 0.140. The van der Waals surface area contributed by atoms with Crippen molar-refractivity contribution in [3.63, 3.8) is 0 Å². The first-order chi connectivity index (χ1) is 14.3. The van der Waals surface area contributed by atoms with E-state index >= 15 is 0 Å². The van der Waals surface area contributed by atoms with Crippen LogP contribution >= 0.6 is 12.2 Å². The highest BCUT2D eigenvalue weighted by Gasteiger charge is 2.29. The van der Waals surface area contributed by atoms with Gasteiger partial charge in [0, 0.05) is 26.3 Å². The van der Waals surface area contributed by atoms with Crippen LogP contribution in [-0.2, 0) is 10.8 Å². The highest BCUT2D eigenvalue weighted by Crippen LogP contribution is 2.33. The van der Waals surface area contributed by atoms with E-state index in [0.29, 0.717) is 18.0 Å². The Bertz CT molecular complexity index is 712. The van der Waals surface area contributed by atoms with Crippen LogP contribution in [0.3, 0.4) is 0 Å². The van der Waals surface area contributed by atoms with Gasteiger partial charge in [0.2, 0.25) is 0 Å². The molecule has 0 aliphatic rings. The van der Waals surface area contributed by atoms with E-state index in [1.807, 2.05) is 36.4 Å². The maximum Gasteiger partial charge on any atom is 0.166 e. The summed E-state index contributed by atoms with van der Waals surface area (Å²) in [4.78, 5) is 2.06. The fraction of sp³-hybridized carbons (Fsp3) is 0.480. The van der Waals surface area contributed by atoms with E-state index in [1.54, 1.807) is 0 Å². The van der Waals surface area contributed by atoms with E-state index in [2.05, 4.69) is 43.0 Å². The summed E-state index contributed by atoms with van der Waals surface area (Å²) in [7, 11) is 0. The molecule has 0 saturated heterocycles. The Morgan fingerprint density at radius 3 is 1.43 bits per heavy atom. The molecule has 2 unspecified atom stereocenters. The number of aliphatic hydroxyl groups is 2. The van der Waals surface area contributed by atoms with Gasteiger partial charge in [0.25, 0.3) is 0 Å². The molecular weight excluding hydrogens is 392 g/mol. The van der Waals surface area contributed by atoms with Gasteiger partial charge in [-0.1, -0.05) is 74.5 Å². The van der Waals surface area contributed by atoms with Crippen molar-refractivity contribution in [2.45, 2.75) is 50.4 Å². The molecular formula is C25H36N2O2S. The van der Waals surface area contributed by atoms with Crippen molar-refractivity contribution in [2.24, 2.45) is 5.73 Å². The van der Waals surface area contributed by atoms with E-state index in [1.165, 1.54) is 11.1 Å². The quantitative estimate of drug-likeness (QED) is 0.446. The lowest BCUT2D eigenvalue weighted by atomic mass is 9.76. The topological polar surface area (TPSA) is 69.7 Å². The van der Waals surface area contributed by atoms with Crippen LogP contribution in [-0.4, -0.2) is 46.5 Å². The van der Waals surface area contributed by atoms with Gasteiger partial charge in [0.15, 0.2) is 5.11 Å². The largest absolute Gasteiger partial charge is 0.396 e. The van der Waals surface area contributed by atoms with Gasteiger partial charge in [0.1, 0.15) is 0 Å². The SMILES string of the molecule is CC(CCO)(CCN(CCC(C)(CCO)c1ccccc1)C(N)=S)c1ccccc1. The zero-order valence-corrected chi connectivity index (χ0v) is 19.1. The van der Waals surface area contributed by atoms with Crippen LogP contribution in [0.4, 0.5) is 0 Å². The van der Waals surface area contributed by atoms with Gasteiger partial charge in [-0.05, 0) is 59.9 Å². The Balaban J connectivity index is 2.10. The molecule has 164 valence electrons. The standard InChI is InChI=1S/C25H36N2O2S/c1-24(15-19-28,21-9-5-3-6-10-21)13-17-27(23(26)30)18-14-25(2,16-20-29)22-11-7-4-8-12-22/h3-12,28-29H,13-20H2,1-2H3,(H2,26,30). The lowest BCUT2D eigenvalue weighted by molar-refractivity contribution is 0.215. The average Bonchev–Trinajstić information content (AvgIpc) is 2.75. The lowest BCUT2D eigenvalue weighted by Crippen LogP contribution is -2.42. The molecule has 0 heterocycles. The molecule has 0 fully saturated rings. The zero-order valence-electron chi connectivity index (χ0n) is 18.3. The van der Waals surface area contributed by atoms with Gasteiger partial charge in [-0.3, -0.25) is 0 Å². The second-order valence-electron chi connectivity index (χ2n) is 8.63. The maximum absolute atomic E-state index is 9.65. The molecule has 2 aromatic carbocycles. The number of rotatable bonds is 12. The zero-order chi connectivity index (χ0) is 22.0. The summed E-state index contributed by atoms with van der Waals surface area (Å²) >= 11 is 5.36. The molecule has 0 amide bonds. The molecule has 0 radical (unpaired) electrons. The molecule has 0 saturated carbocycles. The fourth-order valence-electron chi connectivity index (χ4n) is 4.10. The molecule has 4 N–H and O–H groups in total. The third kappa shape index (κ3) is 6.53. The molecule has 0 spiro atoms. The van der Waals surface area contributed by atoms with Crippen molar-refractivity contribution in [1.29, 1.82) is 0 Å². The number of thiocarbonyl (C=S) groups is 1. The minimum Gasteiger partial charge on any atom is -0.396 e. The first-order valence-electron chi connectivity index (χ1n) is 10.7. The molecule has 30 heavy (non-hydrogen) atoms. The van der Waals surface area contributed by atoms with Crippen molar-refractivity contribution in [3.05, 3.63) is 71.8 Å². The van der Waals surface area contributed by atoms with E-state index in [9.17, 15) is 10.2 Å². The molecule has 0 bridgehead atoms. The highest BCUT2D eigenvalue weighted by molar-refractivity contribution is 7.80. The Morgan fingerprint density at radius 2 is 1.13 bits per heavy atom. The van der Waals surface area contributed by atoms with E-state index in [-0.39, 0.29) is 24.0 Å². The first-order valence-corrected chi connectivity index (χ1v) is 11.1. The first kappa shape index (κ1) is 24.3. The van der Waals surface area contributed by atoms with Gasteiger partial charge in [0.05, 0.1) is 0 Å². The van der Waals surface area contributed by atoms with Crippen molar-refractivity contribution >= 4 is 17.3 Å². The van der Waals surface area contributed by atoms with Crippen LogP contribution in [0.25, 0.3) is 0 Å². The number of nitrogens with two attached hydrogens (primary N) is 1. The van der Waals surface area contributed by atoms with Crippen LogP contribution < -0.4 is 5.73 Å². The third-order valence-electron chi connectivity index (χ3n) is 6.45. The second-order valence-corrected chi connectivity index (χ2v) is 9.04. The third-order valence-corrected chi connectivity index (χ3v) is 6.71. The van der Waals surface area contributed by atoms with Crippen molar-refractivity contribution in [1.82, 2.24) is 4.90 Å². The van der Waals surface area contributed by atoms with Crippen molar-refractivity contribution < 1.29 is 10.2 Å². The van der Waals surface area contributed by atoms with E-state index in [4.69, 9.17) is 18.0 Å². The van der Waals surface area contributed by atoms with Crippen molar-refractivity contribution in [2.75, 3.05) is 26.3 Å². The summed E-state index contributed by atoms with van der Waals surface area (Å²) in [6.07, 6.45) is 3.07. The Labute approximate surface area is 186 Å².